The molecule has 0 bridgehead atoms. The second-order valence-electron chi connectivity index (χ2n) is 9.60. The van der Waals surface area contributed by atoms with Crippen molar-refractivity contribution in [1.29, 1.82) is 0 Å². The summed E-state index contributed by atoms with van der Waals surface area (Å²) in [5, 5.41) is 8.95. The van der Waals surface area contributed by atoms with Crippen molar-refractivity contribution >= 4 is 41.8 Å². The van der Waals surface area contributed by atoms with Crippen LogP contribution in [0.15, 0.2) is 6.07 Å². The average molecular weight is 456 g/mol. The monoisotopic (exact) mass is 455 g/mol. The summed E-state index contributed by atoms with van der Waals surface area (Å²) in [4.78, 5) is 18.3. The van der Waals surface area contributed by atoms with E-state index in [0.717, 1.165) is 60.1 Å². The van der Waals surface area contributed by atoms with Gasteiger partial charge < -0.3 is 11.1 Å². The number of carbonyl (C=O) groups excluding carboxylic acids is 1. The molecule has 2 saturated carbocycles. The maximum atomic E-state index is 13.4. The molecular formula is C22H35Cl2N5O. The van der Waals surface area contributed by atoms with Gasteiger partial charge in [0.05, 0.1) is 22.2 Å². The molecule has 2 fully saturated rings. The number of rotatable bonds is 4. The van der Waals surface area contributed by atoms with Crippen LogP contribution in [0.3, 0.4) is 0 Å². The molecule has 6 nitrogen and oxygen atoms in total. The molecule has 30 heavy (non-hydrogen) atoms. The summed E-state index contributed by atoms with van der Waals surface area (Å²) in [6.07, 6.45) is 6.78. The molecule has 4 rings (SSSR count). The maximum Gasteiger partial charge on any atom is 0.252 e. The van der Waals surface area contributed by atoms with Gasteiger partial charge in [0.2, 0.25) is 0 Å². The fraction of sp³-hybridized carbons (Fsp3) is 0.682. The van der Waals surface area contributed by atoms with E-state index < -0.39 is 0 Å². The van der Waals surface area contributed by atoms with Crippen LogP contribution in [0.2, 0.25) is 0 Å². The Hall–Kier alpha value is -1.37. The van der Waals surface area contributed by atoms with Crippen molar-refractivity contribution in [3.8, 4) is 0 Å². The largest absolute Gasteiger partial charge is 0.349 e. The smallest absolute Gasteiger partial charge is 0.252 e. The molecule has 0 aliphatic heterocycles. The highest BCUT2D eigenvalue weighted by atomic mass is 35.5. The SMILES string of the molecule is Cc1nn(C(C)(C)C)c2nc(C3CC3)cc(C(=O)NC3CCCCC3CN)c12.Cl.Cl. The molecule has 0 radical (unpaired) electrons. The van der Waals surface area contributed by atoms with Gasteiger partial charge in [-0.25, -0.2) is 9.67 Å². The summed E-state index contributed by atoms with van der Waals surface area (Å²) in [7, 11) is 0. The highest BCUT2D eigenvalue weighted by molar-refractivity contribution is 6.06. The van der Waals surface area contributed by atoms with Crippen LogP contribution >= 0.6 is 24.8 Å². The first-order valence-corrected chi connectivity index (χ1v) is 10.7. The number of aromatic nitrogens is 3. The molecule has 3 N–H and O–H groups in total. The molecule has 0 aromatic carbocycles. The van der Waals surface area contributed by atoms with Gasteiger partial charge in [0.1, 0.15) is 0 Å². The van der Waals surface area contributed by atoms with Gasteiger partial charge in [0, 0.05) is 17.7 Å². The highest BCUT2D eigenvalue weighted by Crippen LogP contribution is 2.41. The second-order valence-corrected chi connectivity index (χ2v) is 9.60. The fourth-order valence-corrected chi connectivity index (χ4v) is 4.47. The van der Waals surface area contributed by atoms with Gasteiger partial charge in [-0.3, -0.25) is 4.79 Å². The summed E-state index contributed by atoms with van der Waals surface area (Å²) in [5.41, 5.74) is 9.23. The topological polar surface area (TPSA) is 85.8 Å². The molecule has 2 atom stereocenters. The van der Waals surface area contributed by atoms with Crippen LogP contribution in [-0.2, 0) is 5.54 Å². The number of nitrogens with zero attached hydrogens (tertiary/aromatic N) is 3. The molecule has 168 valence electrons. The molecule has 2 aromatic rings. The van der Waals surface area contributed by atoms with Gasteiger partial charge >= 0.3 is 0 Å². The Bertz CT molecular complexity index is 901. The lowest BCUT2D eigenvalue weighted by Gasteiger charge is -2.31. The van der Waals surface area contributed by atoms with Gasteiger partial charge in [-0.1, -0.05) is 12.8 Å². The van der Waals surface area contributed by atoms with E-state index in [9.17, 15) is 4.79 Å². The number of halogens is 2. The first-order valence-electron chi connectivity index (χ1n) is 10.7. The van der Waals surface area contributed by atoms with Gasteiger partial charge in [-0.2, -0.15) is 5.10 Å². The van der Waals surface area contributed by atoms with Crippen LogP contribution in [0.5, 0.6) is 0 Å². The molecule has 1 amide bonds. The van der Waals surface area contributed by atoms with Crippen LogP contribution in [0.25, 0.3) is 11.0 Å². The van der Waals surface area contributed by atoms with E-state index in [-0.39, 0.29) is 42.3 Å². The lowest BCUT2D eigenvalue weighted by Crippen LogP contribution is -2.44. The Morgan fingerprint density at radius 2 is 1.87 bits per heavy atom. The highest BCUT2D eigenvalue weighted by Gasteiger charge is 2.32. The van der Waals surface area contributed by atoms with Crippen LogP contribution in [0.1, 0.15) is 87.0 Å². The number of pyridine rings is 1. The Kier molecular flexibility index (Phi) is 7.81. The number of carbonyl (C=O) groups is 1. The minimum Gasteiger partial charge on any atom is -0.349 e. The Labute approximate surface area is 191 Å². The van der Waals surface area contributed by atoms with Crippen molar-refractivity contribution < 1.29 is 4.79 Å². The van der Waals surface area contributed by atoms with Crippen molar-refractivity contribution in [3.63, 3.8) is 0 Å². The number of aryl methyl sites for hydroxylation is 1. The number of hydrogen-bond donors (Lipinski definition) is 2. The molecular weight excluding hydrogens is 421 g/mol. The van der Waals surface area contributed by atoms with Crippen molar-refractivity contribution in [3.05, 3.63) is 23.0 Å². The van der Waals surface area contributed by atoms with E-state index >= 15 is 0 Å². The quantitative estimate of drug-likeness (QED) is 0.711. The summed E-state index contributed by atoms with van der Waals surface area (Å²) in [5.74, 6) is 0.846. The molecule has 2 aliphatic rings. The van der Waals surface area contributed by atoms with E-state index in [4.69, 9.17) is 15.8 Å². The normalized spacial score (nSPS) is 21.6. The van der Waals surface area contributed by atoms with Gasteiger partial charge in [0.15, 0.2) is 5.65 Å². The predicted molar refractivity (Wildman–Crippen MR) is 126 cm³/mol. The lowest BCUT2D eigenvalue weighted by molar-refractivity contribution is 0.0909. The minimum atomic E-state index is -0.191. The Morgan fingerprint density at radius 3 is 2.47 bits per heavy atom. The zero-order valence-electron chi connectivity index (χ0n) is 18.4. The van der Waals surface area contributed by atoms with Crippen molar-refractivity contribution in [1.82, 2.24) is 20.1 Å². The molecule has 2 aromatic heterocycles. The number of nitrogens with two attached hydrogens (primary N) is 1. The van der Waals surface area contributed by atoms with Crippen LogP contribution in [0, 0.1) is 12.8 Å². The summed E-state index contributed by atoms with van der Waals surface area (Å²) in [6, 6.07) is 2.17. The third kappa shape index (κ3) is 4.76. The molecule has 0 spiro atoms. The third-order valence-electron chi connectivity index (χ3n) is 6.24. The minimum absolute atomic E-state index is 0. The first kappa shape index (κ1) is 24.9. The van der Waals surface area contributed by atoms with E-state index in [2.05, 4.69) is 26.1 Å². The number of amides is 1. The predicted octanol–water partition coefficient (Wildman–Crippen LogP) is 4.46. The van der Waals surface area contributed by atoms with Gasteiger partial charge in [0.25, 0.3) is 5.91 Å². The van der Waals surface area contributed by atoms with E-state index in [1.54, 1.807) is 0 Å². The fourth-order valence-electron chi connectivity index (χ4n) is 4.47. The van der Waals surface area contributed by atoms with E-state index in [1.165, 1.54) is 6.42 Å². The van der Waals surface area contributed by atoms with Gasteiger partial charge in [-0.15, -0.1) is 24.8 Å². The summed E-state index contributed by atoms with van der Waals surface area (Å²) < 4.78 is 1.98. The molecule has 8 heteroatoms. The second kappa shape index (κ2) is 9.41. The molecule has 0 saturated heterocycles. The lowest BCUT2D eigenvalue weighted by atomic mass is 9.84. The van der Waals surface area contributed by atoms with Crippen LogP contribution in [-0.4, -0.2) is 33.3 Å². The van der Waals surface area contributed by atoms with Gasteiger partial charge in [-0.05, 0) is 71.9 Å². The van der Waals surface area contributed by atoms with E-state index in [0.29, 0.717) is 18.4 Å². The number of nitrogens with one attached hydrogen (secondary N) is 1. The Balaban J connectivity index is 0.00000160. The van der Waals surface area contributed by atoms with Crippen molar-refractivity contribution in [2.45, 2.75) is 83.7 Å². The van der Waals surface area contributed by atoms with Crippen molar-refractivity contribution in [2.24, 2.45) is 11.7 Å². The molecule has 2 unspecified atom stereocenters. The first-order chi connectivity index (χ1) is 13.3. The summed E-state index contributed by atoms with van der Waals surface area (Å²) in [6.45, 7) is 8.97. The number of fused-ring (bicyclic) bond motifs is 1. The maximum absolute atomic E-state index is 13.4. The van der Waals surface area contributed by atoms with E-state index in [1.807, 2.05) is 17.7 Å². The zero-order valence-corrected chi connectivity index (χ0v) is 20.0. The van der Waals surface area contributed by atoms with Crippen LogP contribution in [0.4, 0.5) is 0 Å². The van der Waals surface area contributed by atoms with Crippen molar-refractivity contribution in [2.75, 3.05) is 6.54 Å². The molecule has 2 aliphatic carbocycles. The average Bonchev–Trinajstić information content (AvgIpc) is 3.44. The zero-order chi connectivity index (χ0) is 20.1. The Morgan fingerprint density at radius 1 is 1.20 bits per heavy atom. The number of hydrogen-bond acceptors (Lipinski definition) is 4. The van der Waals surface area contributed by atoms with Crippen LogP contribution < -0.4 is 11.1 Å². The molecule has 2 heterocycles. The standard InChI is InChI=1S/C22H33N5O.2ClH/c1-13-19-16(21(28)25-17-8-6-5-7-15(17)12-23)11-18(14-9-10-14)24-20(19)27(26-13)22(2,3)4;;/h11,14-15,17H,5-10,12,23H2,1-4H3,(H,25,28);2*1H. The summed E-state index contributed by atoms with van der Waals surface area (Å²) >= 11 is 0. The third-order valence-corrected chi connectivity index (χ3v) is 6.24.